The predicted molar refractivity (Wildman–Crippen MR) is 112 cm³/mol. The number of rotatable bonds is 5. The van der Waals surface area contributed by atoms with Crippen LogP contribution in [0.3, 0.4) is 0 Å². The summed E-state index contributed by atoms with van der Waals surface area (Å²) in [5.41, 5.74) is 4.02. The number of nitrogens with one attached hydrogen (secondary N) is 2. The molecule has 3 aromatic rings. The van der Waals surface area contributed by atoms with Gasteiger partial charge in [-0.15, -0.1) is 0 Å². The van der Waals surface area contributed by atoms with Crippen LogP contribution in [0.4, 0.5) is 5.69 Å². The van der Waals surface area contributed by atoms with Crippen molar-refractivity contribution >= 4 is 33.2 Å². The molecule has 0 saturated heterocycles. The number of carbonyl (C=O) groups is 1. The monoisotopic (exact) mass is 457 g/mol. The molecular formula is C19H16BrN5O4. The van der Waals surface area contributed by atoms with E-state index in [9.17, 15) is 19.7 Å². The number of nitrogens with zero attached hydrogens (tertiary/aromatic N) is 3. The Kier molecular flexibility index (Phi) is 5.74. The van der Waals surface area contributed by atoms with Gasteiger partial charge in [0, 0.05) is 22.3 Å². The quantitative estimate of drug-likeness (QED) is 0.346. The summed E-state index contributed by atoms with van der Waals surface area (Å²) < 4.78 is 1.90. The molecule has 0 spiro atoms. The van der Waals surface area contributed by atoms with Crippen LogP contribution >= 0.6 is 15.9 Å². The highest BCUT2D eigenvalue weighted by atomic mass is 79.9. The number of hydrogen-bond acceptors (Lipinski definition) is 5. The minimum atomic E-state index is -0.511. The van der Waals surface area contributed by atoms with Gasteiger partial charge in [-0.1, -0.05) is 12.1 Å². The first-order valence-electron chi connectivity index (χ1n) is 8.45. The van der Waals surface area contributed by atoms with E-state index in [4.69, 9.17) is 0 Å². The van der Waals surface area contributed by atoms with Crippen LogP contribution in [0.5, 0.6) is 0 Å². The van der Waals surface area contributed by atoms with Crippen molar-refractivity contribution in [2.45, 2.75) is 13.8 Å². The van der Waals surface area contributed by atoms with Crippen LogP contribution in [0.25, 0.3) is 5.69 Å². The van der Waals surface area contributed by atoms with E-state index in [1.54, 1.807) is 38.1 Å². The molecule has 3 rings (SSSR count). The number of aromatic amines is 1. The van der Waals surface area contributed by atoms with Gasteiger partial charge in [0.15, 0.2) is 0 Å². The zero-order valence-corrected chi connectivity index (χ0v) is 17.1. The number of benzene rings is 2. The third-order valence-electron chi connectivity index (χ3n) is 4.20. The van der Waals surface area contributed by atoms with Gasteiger partial charge in [-0.3, -0.25) is 24.8 Å². The number of hydrazone groups is 1. The Morgan fingerprint density at radius 1 is 1.21 bits per heavy atom. The van der Waals surface area contributed by atoms with Crippen LogP contribution < -0.4 is 11.0 Å². The number of nitro benzene ring substituents is 1. The van der Waals surface area contributed by atoms with Crippen LogP contribution in [0.1, 0.15) is 28.5 Å². The molecule has 29 heavy (non-hydrogen) atoms. The average molecular weight is 458 g/mol. The molecule has 2 aromatic carbocycles. The van der Waals surface area contributed by atoms with E-state index in [0.717, 1.165) is 0 Å². The molecule has 0 saturated carbocycles. The van der Waals surface area contributed by atoms with Gasteiger partial charge in [-0.05, 0) is 54.0 Å². The highest BCUT2D eigenvalue weighted by Crippen LogP contribution is 2.16. The summed E-state index contributed by atoms with van der Waals surface area (Å²) in [6.07, 6.45) is 0. The largest absolute Gasteiger partial charge is 0.295 e. The summed E-state index contributed by atoms with van der Waals surface area (Å²) in [5, 5.41) is 17.8. The van der Waals surface area contributed by atoms with Crippen LogP contribution in [-0.4, -0.2) is 26.3 Å². The second kappa shape index (κ2) is 8.23. The van der Waals surface area contributed by atoms with Gasteiger partial charge in [0.25, 0.3) is 17.2 Å². The first kappa shape index (κ1) is 20.2. The van der Waals surface area contributed by atoms with Crippen molar-refractivity contribution in [2.24, 2.45) is 5.10 Å². The number of amides is 1. The fourth-order valence-electron chi connectivity index (χ4n) is 2.77. The number of hydrogen-bond donors (Lipinski definition) is 2. The molecule has 10 heteroatoms. The van der Waals surface area contributed by atoms with Gasteiger partial charge >= 0.3 is 0 Å². The smallest absolute Gasteiger partial charge is 0.280 e. The lowest BCUT2D eigenvalue weighted by atomic mass is 10.2. The van der Waals surface area contributed by atoms with Gasteiger partial charge in [0.1, 0.15) is 0 Å². The molecular weight excluding hydrogens is 442 g/mol. The molecule has 1 aromatic heterocycles. The van der Waals surface area contributed by atoms with Crippen molar-refractivity contribution in [3.05, 3.63) is 90.3 Å². The number of H-pyrrole nitrogens is 1. The summed E-state index contributed by atoms with van der Waals surface area (Å²) in [7, 11) is 0. The third kappa shape index (κ3) is 4.16. The molecule has 0 atom stereocenters. The molecule has 2 N–H and O–H groups in total. The minimum Gasteiger partial charge on any atom is -0.295 e. The maximum Gasteiger partial charge on any atom is 0.280 e. The van der Waals surface area contributed by atoms with Crippen LogP contribution in [0, 0.1) is 17.0 Å². The zero-order chi connectivity index (χ0) is 21.1. The fourth-order valence-corrected chi connectivity index (χ4v) is 3.24. The van der Waals surface area contributed by atoms with Gasteiger partial charge in [0.05, 0.1) is 27.4 Å². The maximum absolute atomic E-state index is 12.8. The summed E-state index contributed by atoms with van der Waals surface area (Å²) in [6, 6.07) is 12.5. The average Bonchev–Trinajstić information content (AvgIpc) is 3.00. The number of aryl methyl sites for hydroxylation is 1. The topological polar surface area (TPSA) is 122 Å². The number of halogens is 1. The molecule has 1 amide bonds. The lowest BCUT2D eigenvalue weighted by molar-refractivity contribution is -0.384. The Morgan fingerprint density at radius 2 is 1.86 bits per heavy atom. The predicted octanol–water partition coefficient (Wildman–Crippen LogP) is 3.30. The molecule has 0 aliphatic rings. The third-order valence-corrected chi connectivity index (χ3v) is 4.89. The first-order valence-corrected chi connectivity index (χ1v) is 9.25. The van der Waals surface area contributed by atoms with E-state index in [0.29, 0.717) is 32.7 Å². The van der Waals surface area contributed by atoms with E-state index in [-0.39, 0.29) is 11.2 Å². The molecule has 0 aliphatic heterocycles. The molecule has 1 heterocycles. The van der Waals surface area contributed by atoms with Gasteiger partial charge in [-0.2, -0.15) is 5.10 Å². The summed E-state index contributed by atoms with van der Waals surface area (Å²) in [5.74, 6) is -0.416. The van der Waals surface area contributed by atoms with Crippen molar-refractivity contribution < 1.29 is 9.72 Å². The van der Waals surface area contributed by atoms with Crippen LogP contribution in [0.15, 0.2) is 62.9 Å². The Balaban J connectivity index is 1.88. The number of carbonyl (C=O) groups excluding carboxylic acids is 1. The number of nitro groups is 1. The highest BCUT2D eigenvalue weighted by Gasteiger charge is 2.17. The Labute approximate surface area is 173 Å². The summed E-state index contributed by atoms with van der Waals surface area (Å²) in [4.78, 5) is 35.4. The fraction of sp³-hybridized carbons (Fsp3) is 0.105. The standard InChI is InChI=1S/C19H16BrN5O4/c1-11(21-22-18(26)15-5-3-4-6-16(15)20)17-12(2)23-24(19(17)27)13-7-9-14(10-8-13)25(28)29/h3-10,23H,1-2H3,(H,22,26). The van der Waals surface area contributed by atoms with E-state index in [1.165, 1.54) is 28.9 Å². The van der Waals surface area contributed by atoms with E-state index >= 15 is 0 Å². The van der Waals surface area contributed by atoms with Crippen molar-refractivity contribution in [1.29, 1.82) is 0 Å². The van der Waals surface area contributed by atoms with E-state index in [2.05, 4.69) is 31.6 Å². The molecule has 148 valence electrons. The van der Waals surface area contributed by atoms with Gasteiger partial charge < -0.3 is 0 Å². The van der Waals surface area contributed by atoms with Crippen molar-refractivity contribution in [1.82, 2.24) is 15.2 Å². The zero-order valence-electron chi connectivity index (χ0n) is 15.5. The van der Waals surface area contributed by atoms with Gasteiger partial charge in [0.2, 0.25) is 0 Å². The number of non-ortho nitro benzene ring substituents is 1. The molecule has 0 bridgehead atoms. The lowest BCUT2D eigenvalue weighted by Gasteiger charge is -2.03. The van der Waals surface area contributed by atoms with E-state index < -0.39 is 10.8 Å². The normalized spacial score (nSPS) is 11.3. The Hall–Kier alpha value is -3.53. The van der Waals surface area contributed by atoms with Crippen LogP contribution in [-0.2, 0) is 0 Å². The lowest BCUT2D eigenvalue weighted by Crippen LogP contribution is -2.23. The van der Waals surface area contributed by atoms with Crippen molar-refractivity contribution in [3.63, 3.8) is 0 Å². The molecule has 0 aliphatic carbocycles. The van der Waals surface area contributed by atoms with Gasteiger partial charge in [-0.25, -0.2) is 10.1 Å². The second-order valence-electron chi connectivity index (χ2n) is 6.14. The molecule has 0 radical (unpaired) electrons. The molecule has 9 nitrogen and oxygen atoms in total. The Bertz CT molecular complexity index is 1180. The SMILES string of the molecule is CC(=NNC(=O)c1ccccc1Br)c1c(C)[nH]n(-c2ccc([N+](=O)[O-])cc2)c1=O. The van der Waals surface area contributed by atoms with Crippen molar-refractivity contribution in [2.75, 3.05) is 0 Å². The molecule has 0 unspecified atom stereocenters. The highest BCUT2D eigenvalue weighted by molar-refractivity contribution is 9.10. The second-order valence-corrected chi connectivity index (χ2v) is 7.00. The molecule has 0 fully saturated rings. The summed E-state index contributed by atoms with van der Waals surface area (Å²) in [6.45, 7) is 3.31. The minimum absolute atomic E-state index is 0.0715. The maximum atomic E-state index is 12.8. The first-order chi connectivity index (χ1) is 13.8. The van der Waals surface area contributed by atoms with Crippen LogP contribution in [0.2, 0.25) is 0 Å². The Morgan fingerprint density at radius 3 is 2.48 bits per heavy atom. The summed E-state index contributed by atoms with van der Waals surface area (Å²) >= 11 is 3.31. The van der Waals surface area contributed by atoms with Crippen molar-refractivity contribution in [3.8, 4) is 5.69 Å². The van der Waals surface area contributed by atoms with E-state index in [1.807, 2.05) is 0 Å². The number of aromatic nitrogens is 2.